The highest BCUT2D eigenvalue weighted by atomic mass is 16.3. The fourth-order valence-corrected chi connectivity index (χ4v) is 1.05. The molecule has 0 aromatic carbocycles. The van der Waals surface area contributed by atoms with Crippen LogP contribution in [0.3, 0.4) is 0 Å². The van der Waals surface area contributed by atoms with Gasteiger partial charge in [0.25, 0.3) is 0 Å². The average Bonchev–Trinajstić information content (AvgIpc) is 2.00. The molecule has 2 N–H and O–H groups in total. The smallest absolute Gasteiger partial charge is 0.0744 e. The molecule has 0 saturated heterocycles. The van der Waals surface area contributed by atoms with E-state index < -0.39 is 0 Å². The van der Waals surface area contributed by atoms with Gasteiger partial charge in [-0.15, -0.1) is 0 Å². The normalized spacial score (nSPS) is 15.7. The van der Waals surface area contributed by atoms with Crippen molar-refractivity contribution in [1.29, 1.82) is 0 Å². The lowest BCUT2D eigenvalue weighted by Gasteiger charge is -2.13. The van der Waals surface area contributed by atoms with Gasteiger partial charge in [0.2, 0.25) is 0 Å². The third-order valence-corrected chi connectivity index (χ3v) is 2.12. The Kier molecular flexibility index (Phi) is 6.03. The Balaban J connectivity index is 3.46. The Morgan fingerprint density at radius 3 is 2.33 bits per heavy atom. The fourth-order valence-electron chi connectivity index (χ4n) is 1.05. The van der Waals surface area contributed by atoms with Gasteiger partial charge in [-0.3, -0.25) is 0 Å². The van der Waals surface area contributed by atoms with Gasteiger partial charge in [-0.25, -0.2) is 0 Å². The molecule has 72 valence electrons. The topological polar surface area (TPSA) is 40.5 Å². The maximum absolute atomic E-state index is 9.38. The Bertz CT molecular complexity index is 132. The maximum atomic E-state index is 9.38. The molecule has 0 aliphatic heterocycles. The molecule has 12 heavy (non-hydrogen) atoms. The van der Waals surface area contributed by atoms with Crippen LogP contribution in [0.15, 0.2) is 12.2 Å². The minimum atomic E-state index is -0.369. The first-order valence-electron chi connectivity index (χ1n) is 4.52. The van der Waals surface area contributed by atoms with Crippen LogP contribution >= 0.6 is 0 Å². The molecule has 0 aromatic heterocycles. The number of aliphatic hydroxyl groups is 2. The number of rotatable bonds is 6. The first-order chi connectivity index (χ1) is 5.57. The molecular weight excluding hydrogens is 152 g/mol. The van der Waals surface area contributed by atoms with E-state index >= 15 is 0 Å². The van der Waals surface area contributed by atoms with E-state index in [1.807, 2.05) is 6.92 Å². The van der Waals surface area contributed by atoms with Crippen LogP contribution in [0.1, 0.15) is 33.1 Å². The summed E-state index contributed by atoms with van der Waals surface area (Å²) < 4.78 is 0. The van der Waals surface area contributed by atoms with Crippen molar-refractivity contribution >= 4 is 0 Å². The van der Waals surface area contributed by atoms with Crippen LogP contribution in [0.5, 0.6) is 0 Å². The van der Waals surface area contributed by atoms with Crippen molar-refractivity contribution in [3.8, 4) is 0 Å². The lowest BCUT2D eigenvalue weighted by atomic mass is 9.98. The summed E-state index contributed by atoms with van der Waals surface area (Å²) in [5.41, 5.74) is 0.825. The van der Waals surface area contributed by atoms with Crippen LogP contribution in [0.2, 0.25) is 0 Å². The zero-order valence-corrected chi connectivity index (χ0v) is 8.08. The molecule has 0 aliphatic rings. The van der Waals surface area contributed by atoms with Gasteiger partial charge in [0.15, 0.2) is 0 Å². The molecule has 0 aromatic rings. The van der Waals surface area contributed by atoms with Crippen LogP contribution in [-0.2, 0) is 0 Å². The van der Waals surface area contributed by atoms with Gasteiger partial charge in [0, 0.05) is 6.61 Å². The Morgan fingerprint density at radius 1 is 1.33 bits per heavy atom. The highest BCUT2D eigenvalue weighted by Crippen LogP contribution is 2.14. The van der Waals surface area contributed by atoms with E-state index in [2.05, 4.69) is 13.5 Å². The molecule has 0 aliphatic carbocycles. The van der Waals surface area contributed by atoms with Crippen molar-refractivity contribution in [1.82, 2.24) is 0 Å². The molecule has 0 rings (SSSR count). The summed E-state index contributed by atoms with van der Waals surface area (Å²) in [5, 5.41) is 18.0. The third-order valence-electron chi connectivity index (χ3n) is 2.12. The van der Waals surface area contributed by atoms with Crippen LogP contribution in [0.4, 0.5) is 0 Å². The van der Waals surface area contributed by atoms with Gasteiger partial charge in [0.05, 0.1) is 6.10 Å². The lowest BCUT2D eigenvalue weighted by Crippen LogP contribution is -2.09. The van der Waals surface area contributed by atoms with Crippen LogP contribution in [0, 0.1) is 5.92 Å². The van der Waals surface area contributed by atoms with Crippen molar-refractivity contribution in [2.75, 3.05) is 6.61 Å². The van der Waals surface area contributed by atoms with Crippen molar-refractivity contribution in [3.63, 3.8) is 0 Å². The predicted molar refractivity (Wildman–Crippen MR) is 50.9 cm³/mol. The lowest BCUT2D eigenvalue weighted by molar-refractivity contribution is 0.183. The molecule has 0 amide bonds. The minimum absolute atomic E-state index is 0.240. The molecule has 0 saturated carbocycles. The largest absolute Gasteiger partial charge is 0.396 e. The van der Waals surface area contributed by atoms with Gasteiger partial charge in [0.1, 0.15) is 0 Å². The predicted octanol–water partition coefficient (Wildman–Crippen LogP) is 1.72. The zero-order valence-electron chi connectivity index (χ0n) is 8.08. The third kappa shape index (κ3) is 5.33. The van der Waals surface area contributed by atoms with E-state index in [-0.39, 0.29) is 12.7 Å². The van der Waals surface area contributed by atoms with Gasteiger partial charge in [-0.05, 0) is 32.1 Å². The van der Waals surface area contributed by atoms with Crippen molar-refractivity contribution in [2.24, 2.45) is 5.92 Å². The molecule has 2 nitrogen and oxygen atoms in total. The summed E-state index contributed by atoms with van der Waals surface area (Å²) in [7, 11) is 0. The van der Waals surface area contributed by atoms with Gasteiger partial charge in [-0.1, -0.05) is 19.1 Å². The first kappa shape index (κ1) is 11.7. The number of hydrogen-bond acceptors (Lipinski definition) is 2. The minimum Gasteiger partial charge on any atom is -0.396 e. The number of hydrogen-bond donors (Lipinski definition) is 2. The van der Waals surface area contributed by atoms with E-state index in [4.69, 9.17) is 5.11 Å². The average molecular weight is 172 g/mol. The van der Waals surface area contributed by atoms with E-state index in [9.17, 15) is 5.11 Å². The molecule has 0 fully saturated rings. The monoisotopic (exact) mass is 172 g/mol. The van der Waals surface area contributed by atoms with Gasteiger partial charge < -0.3 is 10.2 Å². The van der Waals surface area contributed by atoms with E-state index in [1.54, 1.807) is 0 Å². The Hall–Kier alpha value is -0.340. The molecule has 0 spiro atoms. The zero-order chi connectivity index (χ0) is 9.56. The van der Waals surface area contributed by atoms with Gasteiger partial charge in [-0.2, -0.15) is 0 Å². The molecule has 2 atom stereocenters. The second kappa shape index (κ2) is 6.21. The second-order valence-electron chi connectivity index (χ2n) is 3.56. The van der Waals surface area contributed by atoms with Crippen LogP contribution < -0.4 is 0 Å². The van der Waals surface area contributed by atoms with Crippen molar-refractivity contribution in [3.05, 3.63) is 12.2 Å². The molecule has 0 heterocycles. The second-order valence-corrected chi connectivity index (χ2v) is 3.56. The SMILES string of the molecule is C=C(C)[C@H](O)CC[C@@H](C)CCO. The van der Waals surface area contributed by atoms with Crippen molar-refractivity contribution < 1.29 is 10.2 Å². The molecule has 0 radical (unpaired) electrons. The summed E-state index contributed by atoms with van der Waals surface area (Å²) in [6, 6.07) is 0. The highest BCUT2D eigenvalue weighted by Gasteiger charge is 2.07. The molecule has 0 bridgehead atoms. The maximum Gasteiger partial charge on any atom is 0.0744 e. The summed E-state index contributed by atoms with van der Waals surface area (Å²) in [6.07, 6.45) is 2.17. The Labute approximate surface area is 74.9 Å². The number of aliphatic hydroxyl groups excluding tert-OH is 2. The van der Waals surface area contributed by atoms with E-state index in [0.717, 1.165) is 24.8 Å². The van der Waals surface area contributed by atoms with E-state index in [0.29, 0.717) is 5.92 Å². The highest BCUT2D eigenvalue weighted by molar-refractivity contribution is 4.96. The van der Waals surface area contributed by atoms with Crippen LogP contribution in [0.25, 0.3) is 0 Å². The molecular formula is C10H20O2. The molecule has 0 unspecified atom stereocenters. The summed E-state index contributed by atoms with van der Waals surface area (Å²) in [5.74, 6) is 0.490. The quantitative estimate of drug-likeness (QED) is 0.599. The molecule has 2 heteroatoms. The van der Waals surface area contributed by atoms with Crippen molar-refractivity contribution in [2.45, 2.75) is 39.2 Å². The first-order valence-corrected chi connectivity index (χ1v) is 4.52. The summed E-state index contributed by atoms with van der Waals surface area (Å²) in [6.45, 7) is 7.84. The van der Waals surface area contributed by atoms with E-state index in [1.165, 1.54) is 0 Å². The standard InChI is InChI=1S/C10H20O2/c1-8(2)10(12)5-4-9(3)6-7-11/h9-12H,1,4-7H2,2-3H3/t9-,10-/m1/s1. The van der Waals surface area contributed by atoms with Crippen LogP contribution in [-0.4, -0.2) is 22.9 Å². The summed E-state index contributed by atoms with van der Waals surface area (Å²) in [4.78, 5) is 0. The fraction of sp³-hybridized carbons (Fsp3) is 0.800. The van der Waals surface area contributed by atoms with Gasteiger partial charge >= 0.3 is 0 Å². The Morgan fingerprint density at radius 2 is 1.92 bits per heavy atom. The summed E-state index contributed by atoms with van der Waals surface area (Å²) >= 11 is 0.